The Bertz CT molecular complexity index is 629. The van der Waals surface area contributed by atoms with Crippen molar-refractivity contribution >= 4 is 23.4 Å². The van der Waals surface area contributed by atoms with Crippen LogP contribution in [0.25, 0.3) is 0 Å². The van der Waals surface area contributed by atoms with Crippen molar-refractivity contribution in [2.24, 2.45) is 0 Å². The quantitative estimate of drug-likeness (QED) is 0.570. The number of nitrogens with zero attached hydrogens (tertiary/aromatic N) is 2. The molecule has 5 heteroatoms. The molecule has 1 aromatic heterocycles. The number of rotatable bonds is 4. The first-order valence-corrected chi connectivity index (χ1v) is 8.49. The molecule has 3 rings (SSSR count). The van der Waals surface area contributed by atoms with Crippen LogP contribution in [0.4, 0.5) is 4.39 Å². The molecule has 1 saturated carbocycles. The Morgan fingerprint density at radius 2 is 1.95 bits per heavy atom. The van der Waals surface area contributed by atoms with E-state index >= 15 is 0 Å². The fourth-order valence-corrected chi connectivity index (χ4v) is 3.69. The minimum Gasteiger partial charge on any atom is -0.237 e. The minimum atomic E-state index is -0.208. The Morgan fingerprint density at radius 3 is 2.71 bits per heavy atom. The molecule has 0 spiro atoms. The van der Waals surface area contributed by atoms with Crippen LogP contribution in [0.2, 0.25) is 5.15 Å². The van der Waals surface area contributed by atoms with Gasteiger partial charge in [0.05, 0.1) is 5.75 Å². The predicted octanol–water partition coefficient (Wildman–Crippen LogP) is 5.22. The summed E-state index contributed by atoms with van der Waals surface area (Å²) in [5.74, 6) is 1.50. The van der Waals surface area contributed by atoms with E-state index in [1.807, 2.05) is 12.1 Å². The molecular formula is C16H16ClFN2S. The van der Waals surface area contributed by atoms with Gasteiger partial charge in [-0.25, -0.2) is 14.4 Å². The molecule has 0 amide bonds. The number of hydrogen-bond donors (Lipinski definition) is 0. The summed E-state index contributed by atoms with van der Waals surface area (Å²) < 4.78 is 13.6. The van der Waals surface area contributed by atoms with Crippen molar-refractivity contribution in [3.63, 3.8) is 0 Å². The molecule has 0 saturated heterocycles. The molecule has 1 fully saturated rings. The highest BCUT2D eigenvalue weighted by Crippen LogP contribution is 2.34. The van der Waals surface area contributed by atoms with Crippen LogP contribution in [-0.2, 0) is 5.75 Å². The van der Waals surface area contributed by atoms with Crippen molar-refractivity contribution in [2.75, 3.05) is 0 Å². The summed E-state index contributed by atoms with van der Waals surface area (Å²) in [6.45, 7) is 0. The highest BCUT2D eigenvalue weighted by molar-refractivity contribution is 7.98. The molecule has 110 valence electrons. The lowest BCUT2D eigenvalue weighted by Crippen LogP contribution is -2.02. The van der Waals surface area contributed by atoms with Gasteiger partial charge in [0.25, 0.3) is 0 Å². The van der Waals surface area contributed by atoms with Crippen molar-refractivity contribution in [3.05, 3.63) is 52.8 Å². The van der Waals surface area contributed by atoms with Gasteiger partial charge in [-0.1, -0.05) is 36.6 Å². The van der Waals surface area contributed by atoms with E-state index in [-0.39, 0.29) is 5.82 Å². The molecular weight excluding hydrogens is 307 g/mol. The third kappa shape index (κ3) is 3.74. The summed E-state index contributed by atoms with van der Waals surface area (Å²) >= 11 is 7.51. The van der Waals surface area contributed by atoms with E-state index in [1.54, 1.807) is 12.1 Å². The third-order valence-electron chi connectivity index (χ3n) is 3.73. The molecule has 1 aliphatic rings. The normalized spacial score (nSPS) is 15.5. The lowest BCUT2D eigenvalue weighted by Gasteiger charge is -2.10. The smallest absolute Gasteiger partial charge is 0.140 e. The maximum Gasteiger partial charge on any atom is 0.140 e. The Balaban J connectivity index is 1.74. The van der Waals surface area contributed by atoms with Gasteiger partial charge < -0.3 is 0 Å². The number of aromatic nitrogens is 2. The van der Waals surface area contributed by atoms with Crippen LogP contribution in [0.1, 0.15) is 43.1 Å². The van der Waals surface area contributed by atoms with Crippen molar-refractivity contribution in [2.45, 2.75) is 42.2 Å². The average molecular weight is 323 g/mol. The van der Waals surface area contributed by atoms with Gasteiger partial charge in [0, 0.05) is 16.5 Å². The Hall–Kier alpha value is -1.13. The highest BCUT2D eigenvalue weighted by Gasteiger charge is 2.19. The van der Waals surface area contributed by atoms with Gasteiger partial charge in [0.15, 0.2) is 0 Å². The van der Waals surface area contributed by atoms with Crippen molar-refractivity contribution in [1.29, 1.82) is 0 Å². The topological polar surface area (TPSA) is 25.8 Å². The second-order valence-corrected chi connectivity index (χ2v) is 6.64. The lowest BCUT2D eigenvalue weighted by atomic mass is 10.0. The zero-order chi connectivity index (χ0) is 14.7. The van der Waals surface area contributed by atoms with E-state index in [9.17, 15) is 4.39 Å². The zero-order valence-corrected chi connectivity index (χ0v) is 13.1. The van der Waals surface area contributed by atoms with Gasteiger partial charge in [-0.3, -0.25) is 0 Å². The van der Waals surface area contributed by atoms with Crippen LogP contribution in [0.15, 0.2) is 35.2 Å². The number of hydrogen-bond acceptors (Lipinski definition) is 3. The minimum absolute atomic E-state index is 0.208. The lowest BCUT2D eigenvalue weighted by molar-refractivity contribution is 0.602. The molecule has 1 aromatic carbocycles. The van der Waals surface area contributed by atoms with Gasteiger partial charge in [-0.15, -0.1) is 11.8 Å². The molecule has 0 N–H and O–H groups in total. The van der Waals surface area contributed by atoms with Gasteiger partial charge in [0.2, 0.25) is 0 Å². The average Bonchev–Trinajstić information content (AvgIpc) is 3.00. The molecule has 21 heavy (non-hydrogen) atoms. The fourth-order valence-electron chi connectivity index (χ4n) is 2.68. The summed E-state index contributed by atoms with van der Waals surface area (Å²) in [5, 5.41) is 0.482. The Morgan fingerprint density at radius 1 is 1.19 bits per heavy atom. The van der Waals surface area contributed by atoms with E-state index in [2.05, 4.69) is 9.97 Å². The SMILES string of the molecule is Fc1ccccc1SCc1nc(Cl)cc(C2CCCC2)n1. The Kier molecular flexibility index (Phi) is 4.76. The standard InChI is InChI=1S/C16H16ClFN2S/c17-15-9-13(11-5-1-2-6-11)19-16(20-15)10-21-14-8-4-3-7-12(14)18/h3-4,7-9,11H,1-2,5-6,10H2. The molecule has 2 nitrogen and oxygen atoms in total. The summed E-state index contributed by atoms with van der Waals surface area (Å²) in [6.07, 6.45) is 4.86. The van der Waals surface area contributed by atoms with Gasteiger partial charge in [-0.05, 0) is 31.0 Å². The molecule has 1 heterocycles. The second kappa shape index (κ2) is 6.75. The van der Waals surface area contributed by atoms with Crippen LogP contribution < -0.4 is 0 Å². The second-order valence-electron chi connectivity index (χ2n) is 5.23. The van der Waals surface area contributed by atoms with E-state index < -0.39 is 0 Å². The van der Waals surface area contributed by atoms with Crippen molar-refractivity contribution in [3.8, 4) is 0 Å². The molecule has 0 atom stereocenters. The van der Waals surface area contributed by atoms with Crippen molar-refractivity contribution in [1.82, 2.24) is 9.97 Å². The maximum absolute atomic E-state index is 13.6. The van der Waals surface area contributed by atoms with E-state index in [0.29, 0.717) is 27.5 Å². The summed E-state index contributed by atoms with van der Waals surface area (Å²) in [5.41, 5.74) is 1.04. The molecule has 0 bridgehead atoms. The predicted molar refractivity (Wildman–Crippen MR) is 84.2 cm³/mol. The Labute approximate surface area is 133 Å². The maximum atomic E-state index is 13.6. The summed E-state index contributed by atoms with van der Waals surface area (Å²) in [4.78, 5) is 9.50. The first-order chi connectivity index (χ1) is 10.2. The van der Waals surface area contributed by atoms with E-state index in [0.717, 1.165) is 5.69 Å². The zero-order valence-electron chi connectivity index (χ0n) is 11.6. The number of benzene rings is 1. The first-order valence-electron chi connectivity index (χ1n) is 7.13. The van der Waals surface area contributed by atoms with Crippen LogP contribution in [0.3, 0.4) is 0 Å². The molecule has 1 aliphatic carbocycles. The fraction of sp³-hybridized carbons (Fsp3) is 0.375. The summed E-state index contributed by atoms with van der Waals surface area (Å²) in [7, 11) is 0. The van der Waals surface area contributed by atoms with Crippen LogP contribution >= 0.6 is 23.4 Å². The summed E-state index contributed by atoms with van der Waals surface area (Å²) in [6, 6.07) is 8.62. The first kappa shape index (κ1) is 14.8. The molecule has 0 radical (unpaired) electrons. The number of thioether (sulfide) groups is 1. The highest BCUT2D eigenvalue weighted by atomic mass is 35.5. The molecule has 0 aliphatic heterocycles. The van der Waals surface area contributed by atoms with Crippen LogP contribution in [-0.4, -0.2) is 9.97 Å². The largest absolute Gasteiger partial charge is 0.237 e. The molecule has 2 aromatic rings. The van der Waals surface area contributed by atoms with Gasteiger partial charge in [0.1, 0.15) is 16.8 Å². The molecule has 0 unspecified atom stereocenters. The van der Waals surface area contributed by atoms with Crippen LogP contribution in [0.5, 0.6) is 0 Å². The van der Waals surface area contributed by atoms with Gasteiger partial charge in [-0.2, -0.15) is 0 Å². The van der Waals surface area contributed by atoms with E-state index in [1.165, 1.54) is 43.5 Å². The van der Waals surface area contributed by atoms with Gasteiger partial charge >= 0.3 is 0 Å². The monoisotopic (exact) mass is 322 g/mol. The van der Waals surface area contributed by atoms with Crippen molar-refractivity contribution < 1.29 is 4.39 Å². The van der Waals surface area contributed by atoms with E-state index in [4.69, 9.17) is 11.6 Å². The van der Waals surface area contributed by atoms with Crippen LogP contribution in [0, 0.1) is 5.82 Å². The third-order valence-corrected chi connectivity index (χ3v) is 4.97. The number of halogens is 2.